The summed E-state index contributed by atoms with van der Waals surface area (Å²) in [6.45, 7) is 0. The van der Waals surface area contributed by atoms with E-state index in [0.29, 0.717) is 39.1 Å². The van der Waals surface area contributed by atoms with E-state index in [0.717, 1.165) is 0 Å². The highest BCUT2D eigenvalue weighted by Gasteiger charge is 2.16. The van der Waals surface area contributed by atoms with Gasteiger partial charge in [-0.2, -0.15) is 0 Å². The third-order valence-corrected chi connectivity index (χ3v) is 5.85. The molecule has 0 unspecified atom stereocenters. The topological polar surface area (TPSA) is 156 Å². The van der Waals surface area contributed by atoms with E-state index in [4.69, 9.17) is 16.3 Å². The summed E-state index contributed by atoms with van der Waals surface area (Å²) in [6, 6.07) is 18.3. The molecule has 6 N–H and O–H groups in total. The minimum absolute atomic E-state index is 0.0290. The second-order valence-electron chi connectivity index (χ2n) is 7.05. The largest absolute Gasteiger partial charge is 0.384 e. The second kappa shape index (κ2) is 7.78. The van der Waals surface area contributed by atoms with Crippen LogP contribution in [0.1, 0.15) is 21.7 Å². The molecule has 0 amide bonds. The first kappa shape index (κ1) is 20.5. The SMILES string of the molecule is N=C(N)c1ccc2nc(CC(=O)c3ccc(-c4ccccc4S(N)(=O)=O)cc3)[nH]c2c1. The molecule has 0 aliphatic rings. The van der Waals surface area contributed by atoms with Gasteiger partial charge in [-0.25, -0.2) is 18.5 Å². The Morgan fingerprint density at radius 2 is 1.68 bits per heavy atom. The maximum absolute atomic E-state index is 12.7. The van der Waals surface area contributed by atoms with Crippen LogP contribution >= 0.6 is 0 Å². The number of benzene rings is 3. The molecule has 0 saturated heterocycles. The van der Waals surface area contributed by atoms with Crippen LogP contribution in [-0.4, -0.2) is 30.0 Å². The van der Waals surface area contributed by atoms with E-state index < -0.39 is 10.0 Å². The first-order valence-electron chi connectivity index (χ1n) is 9.31. The lowest BCUT2D eigenvalue weighted by molar-refractivity contribution is 0.0991. The first-order chi connectivity index (χ1) is 14.7. The summed E-state index contributed by atoms with van der Waals surface area (Å²) in [5.74, 6) is 0.319. The predicted octanol–water partition coefficient (Wildman–Crippen LogP) is 2.59. The maximum atomic E-state index is 12.7. The van der Waals surface area contributed by atoms with E-state index in [-0.39, 0.29) is 22.9 Å². The Balaban J connectivity index is 1.57. The van der Waals surface area contributed by atoms with Gasteiger partial charge in [0.05, 0.1) is 22.3 Å². The number of Topliss-reactive ketones (excluding diaryl/α,β-unsaturated/α-hetero) is 1. The monoisotopic (exact) mass is 433 g/mol. The van der Waals surface area contributed by atoms with Crippen molar-refractivity contribution in [3.63, 3.8) is 0 Å². The number of hydrogen-bond acceptors (Lipinski definition) is 5. The molecule has 156 valence electrons. The van der Waals surface area contributed by atoms with E-state index in [2.05, 4.69) is 9.97 Å². The fourth-order valence-electron chi connectivity index (χ4n) is 3.36. The first-order valence-corrected chi connectivity index (χ1v) is 10.9. The van der Waals surface area contributed by atoms with Crippen LogP contribution in [0, 0.1) is 5.41 Å². The van der Waals surface area contributed by atoms with Crippen molar-refractivity contribution in [3.8, 4) is 11.1 Å². The predicted molar refractivity (Wildman–Crippen MR) is 118 cm³/mol. The van der Waals surface area contributed by atoms with Crippen molar-refractivity contribution in [2.75, 3.05) is 0 Å². The van der Waals surface area contributed by atoms with Gasteiger partial charge in [0.15, 0.2) is 5.78 Å². The summed E-state index contributed by atoms with van der Waals surface area (Å²) in [5.41, 5.74) is 9.06. The normalized spacial score (nSPS) is 11.5. The van der Waals surface area contributed by atoms with Crippen molar-refractivity contribution in [1.29, 1.82) is 5.41 Å². The van der Waals surface area contributed by atoms with E-state index >= 15 is 0 Å². The second-order valence-corrected chi connectivity index (χ2v) is 8.58. The summed E-state index contributed by atoms with van der Waals surface area (Å²) >= 11 is 0. The van der Waals surface area contributed by atoms with Gasteiger partial charge < -0.3 is 10.7 Å². The Hall–Kier alpha value is -3.82. The van der Waals surface area contributed by atoms with E-state index in [9.17, 15) is 13.2 Å². The molecule has 0 aliphatic carbocycles. The quantitative estimate of drug-likeness (QED) is 0.209. The molecule has 1 heterocycles. The van der Waals surface area contributed by atoms with Gasteiger partial charge in [-0.1, -0.05) is 42.5 Å². The molecule has 3 aromatic carbocycles. The molecule has 0 fully saturated rings. The van der Waals surface area contributed by atoms with Gasteiger partial charge in [-0.05, 0) is 29.8 Å². The molecule has 0 atom stereocenters. The highest BCUT2D eigenvalue weighted by molar-refractivity contribution is 7.89. The number of rotatable bonds is 6. The number of nitrogen functional groups attached to an aromatic ring is 1. The number of amidine groups is 1. The van der Waals surface area contributed by atoms with Gasteiger partial charge in [0.2, 0.25) is 10.0 Å². The van der Waals surface area contributed by atoms with Crippen LogP contribution in [0.4, 0.5) is 0 Å². The van der Waals surface area contributed by atoms with Crippen molar-refractivity contribution in [1.82, 2.24) is 9.97 Å². The summed E-state index contributed by atoms with van der Waals surface area (Å²) in [4.78, 5) is 20.2. The molecule has 0 saturated carbocycles. The number of imidazole rings is 1. The third-order valence-electron chi connectivity index (χ3n) is 4.88. The average Bonchev–Trinajstić information content (AvgIpc) is 3.14. The maximum Gasteiger partial charge on any atom is 0.238 e. The minimum Gasteiger partial charge on any atom is -0.384 e. The van der Waals surface area contributed by atoms with Crippen molar-refractivity contribution in [2.24, 2.45) is 10.9 Å². The lowest BCUT2D eigenvalue weighted by Crippen LogP contribution is -2.13. The molecular formula is C22H19N5O3S. The number of nitrogens with two attached hydrogens (primary N) is 2. The van der Waals surface area contributed by atoms with Crippen LogP contribution in [-0.2, 0) is 16.4 Å². The smallest absolute Gasteiger partial charge is 0.238 e. The number of H-pyrrole nitrogens is 1. The van der Waals surface area contributed by atoms with Gasteiger partial charge in [0.1, 0.15) is 11.7 Å². The molecule has 31 heavy (non-hydrogen) atoms. The summed E-state index contributed by atoms with van der Waals surface area (Å²) in [7, 11) is -3.87. The van der Waals surface area contributed by atoms with Crippen LogP contribution in [0.3, 0.4) is 0 Å². The zero-order valence-corrected chi connectivity index (χ0v) is 17.1. The summed E-state index contributed by atoms with van der Waals surface area (Å²) < 4.78 is 23.7. The van der Waals surface area contributed by atoms with Gasteiger partial charge in [0, 0.05) is 16.7 Å². The van der Waals surface area contributed by atoms with Gasteiger partial charge in [-0.3, -0.25) is 10.2 Å². The van der Waals surface area contributed by atoms with E-state index in [1.807, 2.05) is 0 Å². The molecule has 0 aliphatic heterocycles. The Bertz CT molecular complexity index is 1420. The Morgan fingerprint density at radius 1 is 1.00 bits per heavy atom. The number of hydrogen-bond donors (Lipinski definition) is 4. The molecule has 0 spiro atoms. The van der Waals surface area contributed by atoms with Crippen LogP contribution in [0.15, 0.2) is 71.6 Å². The highest BCUT2D eigenvalue weighted by Crippen LogP contribution is 2.27. The minimum atomic E-state index is -3.87. The lowest BCUT2D eigenvalue weighted by Gasteiger charge is -2.08. The summed E-state index contributed by atoms with van der Waals surface area (Å²) in [6.07, 6.45) is 0.0667. The number of nitrogens with zero attached hydrogens (tertiary/aromatic N) is 1. The number of aromatic amines is 1. The number of nitrogens with one attached hydrogen (secondary N) is 2. The number of fused-ring (bicyclic) bond motifs is 1. The number of aromatic nitrogens is 2. The molecular weight excluding hydrogens is 414 g/mol. The highest BCUT2D eigenvalue weighted by atomic mass is 32.2. The number of ketones is 1. The van der Waals surface area contributed by atoms with Crippen LogP contribution in [0.25, 0.3) is 22.2 Å². The Kier molecular flexibility index (Phi) is 5.14. The summed E-state index contributed by atoms with van der Waals surface area (Å²) in [5, 5.41) is 12.8. The Morgan fingerprint density at radius 3 is 2.35 bits per heavy atom. The number of carbonyl (C=O) groups is 1. The van der Waals surface area contributed by atoms with E-state index in [1.54, 1.807) is 60.7 Å². The average molecular weight is 433 g/mol. The molecule has 0 bridgehead atoms. The molecule has 0 radical (unpaired) electrons. The van der Waals surface area contributed by atoms with E-state index in [1.165, 1.54) is 6.07 Å². The van der Waals surface area contributed by atoms with Crippen molar-refractivity contribution in [2.45, 2.75) is 11.3 Å². The molecule has 8 nitrogen and oxygen atoms in total. The van der Waals surface area contributed by atoms with Gasteiger partial charge in [-0.15, -0.1) is 0 Å². The lowest BCUT2D eigenvalue weighted by atomic mass is 10.0. The van der Waals surface area contributed by atoms with Crippen molar-refractivity contribution in [3.05, 3.63) is 83.7 Å². The van der Waals surface area contributed by atoms with Gasteiger partial charge >= 0.3 is 0 Å². The van der Waals surface area contributed by atoms with Crippen LogP contribution in [0.2, 0.25) is 0 Å². The molecule has 4 aromatic rings. The number of carbonyl (C=O) groups excluding carboxylic acids is 1. The molecule has 4 rings (SSSR count). The third kappa shape index (κ3) is 4.23. The Labute approximate surface area is 178 Å². The number of primary sulfonamides is 1. The van der Waals surface area contributed by atoms with Gasteiger partial charge in [0.25, 0.3) is 0 Å². The standard InChI is InChI=1S/C22H19N5O3S/c23-22(24)15-9-10-17-18(11-15)27-21(26-17)12-19(28)14-7-5-13(6-8-14)16-3-1-2-4-20(16)31(25,29)30/h1-11H,12H2,(H3,23,24)(H,26,27)(H2,25,29,30). The van der Waals surface area contributed by atoms with Crippen LogP contribution < -0.4 is 10.9 Å². The molecule has 1 aromatic heterocycles. The zero-order valence-electron chi connectivity index (χ0n) is 16.3. The fraction of sp³-hybridized carbons (Fsp3) is 0.0455. The van der Waals surface area contributed by atoms with Crippen LogP contribution in [0.5, 0.6) is 0 Å². The van der Waals surface area contributed by atoms with Crippen molar-refractivity contribution >= 4 is 32.7 Å². The number of sulfonamides is 1. The zero-order chi connectivity index (χ0) is 22.2. The molecule has 9 heteroatoms. The fourth-order valence-corrected chi connectivity index (χ4v) is 4.12. The van der Waals surface area contributed by atoms with Crippen molar-refractivity contribution < 1.29 is 13.2 Å².